The van der Waals surface area contributed by atoms with E-state index in [1.54, 1.807) is 0 Å². The zero-order chi connectivity index (χ0) is 47.4. The highest BCUT2D eigenvalue weighted by molar-refractivity contribution is 5.80. The van der Waals surface area contributed by atoms with Gasteiger partial charge < -0.3 is 26.0 Å². The lowest BCUT2D eigenvalue weighted by molar-refractivity contribution is -0.135. The Morgan fingerprint density at radius 1 is 0.453 bits per heavy atom. The van der Waals surface area contributed by atoms with Gasteiger partial charge in [0.05, 0.1) is 0 Å². The van der Waals surface area contributed by atoms with Crippen LogP contribution in [0.1, 0.15) is 141 Å². The van der Waals surface area contributed by atoms with Crippen molar-refractivity contribution < 1.29 is 50.7 Å². The van der Waals surface area contributed by atoms with Crippen molar-refractivity contribution in [3.05, 3.63) is 60.4 Å². The van der Waals surface area contributed by atoms with Crippen molar-refractivity contribution in [2.75, 3.05) is 39.3 Å². The van der Waals surface area contributed by atoms with Gasteiger partial charge in [-0.2, -0.15) is 8.78 Å². The molecular formula is C40H60F5N13O6. The minimum Gasteiger partial charge on any atom is -0.420 e. The summed E-state index contributed by atoms with van der Waals surface area (Å²) in [4.78, 5) is 72.4. The first-order valence-corrected chi connectivity index (χ1v) is 21.7. The number of hydrogen-bond acceptors (Lipinski definition) is 9. The predicted molar refractivity (Wildman–Crippen MR) is 225 cm³/mol. The van der Waals surface area contributed by atoms with Crippen LogP contribution in [0.5, 0.6) is 5.75 Å². The van der Waals surface area contributed by atoms with Crippen LogP contribution < -0.4 is 26.0 Å². The van der Waals surface area contributed by atoms with Crippen LogP contribution in [0.15, 0.2) is 15.3 Å². The third-order valence-corrected chi connectivity index (χ3v) is 10.0. The van der Waals surface area contributed by atoms with Crippen molar-refractivity contribution in [1.29, 1.82) is 0 Å². The summed E-state index contributed by atoms with van der Waals surface area (Å²) in [5.74, 6) is -15.2. The number of amides is 4. The maximum atomic E-state index is 13.8. The number of unbranched alkanes of at least 4 members (excludes halogenated alkanes) is 10. The average molecular weight is 914 g/mol. The Hall–Kier alpha value is -5.85. The van der Waals surface area contributed by atoms with Crippen molar-refractivity contribution in [2.45, 2.75) is 147 Å². The first-order chi connectivity index (χ1) is 30.8. The second-order valence-electron chi connectivity index (χ2n) is 15.1. The number of ether oxygens (including phenoxy) is 1. The third kappa shape index (κ3) is 25.3. The molecule has 0 saturated heterocycles. The van der Waals surface area contributed by atoms with Gasteiger partial charge in [-0.1, -0.05) is 53.9 Å². The molecule has 19 nitrogen and oxygen atoms in total. The number of halogens is 5. The van der Waals surface area contributed by atoms with Crippen molar-refractivity contribution in [3.8, 4) is 5.75 Å². The van der Waals surface area contributed by atoms with E-state index in [0.717, 1.165) is 19.3 Å². The lowest BCUT2D eigenvalue weighted by Gasteiger charge is -2.35. The number of carbonyl (C=O) groups is 5. The topological polar surface area (TPSA) is 289 Å². The fraction of sp³-hybridized carbons (Fsp3) is 0.725. The number of esters is 1. The van der Waals surface area contributed by atoms with Crippen LogP contribution in [0.25, 0.3) is 31.3 Å². The molecule has 0 fully saturated rings. The molecule has 0 atom stereocenters. The van der Waals surface area contributed by atoms with Gasteiger partial charge in [-0.05, 0) is 87.2 Å². The SMILES string of the molecule is [N-]=[N+]=NCCCCNC(=O)CCC(CCC(=O)NCCCCN=[N+]=[N-])(CCC(=O)NCCCCN=[N+]=[N-])NC(=O)CCCCCCCCCCC(=O)Oc1c(F)c(F)c(F)c(F)c1F. The monoisotopic (exact) mass is 913 g/mol. The molecule has 0 spiro atoms. The Bertz CT molecular complexity index is 1660. The van der Waals surface area contributed by atoms with Gasteiger partial charge in [0.25, 0.3) is 0 Å². The molecule has 0 radical (unpaired) electrons. The smallest absolute Gasteiger partial charge is 0.311 e. The fourth-order valence-corrected chi connectivity index (χ4v) is 6.44. The van der Waals surface area contributed by atoms with Crippen LogP contribution >= 0.6 is 0 Å². The van der Waals surface area contributed by atoms with E-state index in [-0.39, 0.29) is 81.4 Å². The van der Waals surface area contributed by atoms with Gasteiger partial charge >= 0.3 is 5.97 Å². The molecule has 0 aliphatic rings. The molecule has 1 aromatic rings. The zero-order valence-electron chi connectivity index (χ0n) is 36.2. The van der Waals surface area contributed by atoms with Gasteiger partial charge in [0.1, 0.15) is 0 Å². The van der Waals surface area contributed by atoms with Crippen molar-refractivity contribution >= 4 is 29.6 Å². The average Bonchev–Trinajstić information content (AvgIpc) is 3.28. The molecule has 64 heavy (non-hydrogen) atoms. The maximum absolute atomic E-state index is 13.8. The van der Waals surface area contributed by atoms with E-state index < -0.39 is 46.3 Å². The molecular weight excluding hydrogens is 854 g/mol. The maximum Gasteiger partial charge on any atom is 0.311 e. The fourth-order valence-electron chi connectivity index (χ4n) is 6.44. The summed E-state index contributed by atoms with van der Waals surface area (Å²) in [7, 11) is 0. The lowest BCUT2D eigenvalue weighted by Crippen LogP contribution is -2.50. The van der Waals surface area contributed by atoms with Crippen LogP contribution in [0, 0.1) is 29.1 Å². The Morgan fingerprint density at radius 2 is 0.797 bits per heavy atom. The number of nitrogens with one attached hydrogen (secondary N) is 4. The van der Waals surface area contributed by atoms with E-state index in [2.05, 4.69) is 56.1 Å². The summed E-state index contributed by atoms with van der Waals surface area (Å²) in [6, 6.07) is 0. The van der Waals surface area contributed by atoms with E-state index >= 15 is 0 Å². The summed E-state index contributed by atoms with van der Waals surface area (Å²) in [6.45, 7) is 1.90. The Morgan fingerprint density at radius 3 is 1.17 bits per heavy atom. The van der Waals surface area contributed by atoms with Gasteiger partial charge in [-0.25, -0.2) is 13.2 Å². The van der Waals surface area contributed by atoms with Gasteiger partial charge in [-0.3, -0.25) is 24.0 Å². The predicted octanol–water partition coefficient (Wildman–Crippen LogP) is 9.00. The highest BCUT2D eigenvalue weighted by atomic mass is 19.2. The molecule has 0 unspecified atom stereocenters. The van der Waals surface area contributed by atoms with Crippen LogP contribution in [0.2, 0.25) is 0 Å². The van der Waals surface area contributed by atoms with Crippen LogP contribution in [0.3, 0.4) is 0 Å². The molecule has 0 aliphatic heterocycles. The Labute approximate surface area is 368 Å². The molecule has 4 N–H and O–H groups in total. The highest BCUT2D eigenvalue weighted by Crippen LogP contribution is 2.30. The minimum atomic E-state index is -2.35. The van der Waals surface area contributed by atoms with Gasteiger partial charge in [-0.15, -0.1) is 0 Å². The Kier molecular flexibility index (Phi) is 30.4. The van der Waals surface area contributed by atoms with E-state index in [1.807, 2.05) is 0 Å². The molecule has 356 valence electrons. The number of benzene rings is 1. The first kappa shape index (κ1) is 56.2. The molecule has 0 bridgehead atoms. The summed E-state index contributed by atoms with van der Waals surface area (Å²) in [5.41, 5.74) is 24.3. The summed E-state index contributed by atoms with van der Waals surface area (Å²) in [5, 5.41) is 22.0. The van der Waals surface area contributed by atoms with Gasteiger partial charge in [0.2, 0.25) is 58.5 Å². The summed E-state index contributed by atoms with van der Waals surface area (Å²) < 4.78 is 72.0. The normalized spacial score (nSPS) is 11.5. The number of azide groups is 3. The van der Waals surface area contributed by atoms with E-state index in [9.17, 15) is 45.9 Å². The van der Waals surface area contributed by atoms with Gasteiger partial charge in [0, 0.05) is 91.6 Å². The summed E-state index contributed by atoms with van der Waals surface area (Å²) in [6.07, 6.45) is 8.74. The molecule has 1 aromatic carbocycles. The molecule has 24 heteroatoms. The minimum absolute atomic E-state index is 0.00874. The highest BCUT2D eigenvalue weighted by Gasteiger charge is 2.34. The summed E-state index contributed by atoms with van der Waals surface area (Å²) >= 11 is 0. The van der Waals surface area contributed by atoms with E-state index in [0.29, 0.717) is 103 Å². The van der Waals surface area contributed by atoms with Gasteiger partial charge in [0.15, 0.2) is 0 Å². The van der Waals surface area contributed by atoms with Crippen LogP contribution in [-0.2, 0) is 24.0 Å². The second-order valence-corrected chi connectivity index (χ2v) is 15.1. The molecule has 4 amide bonds. The zero-order valence-corrected chi connectivity index (χ0v) is 36.2. The number of rotatable bonds is 37. The van der Waals surface area contributed by atoms with E-state index in [4.69, 9.17) is 16.6 Å². The standard InChI is InChI=1S/C40H60F5N13O6/c41-34-35(42)37(44)39(38(45)36(34)43)64-33(63)16-8-6-4-2-1-3-5-7-15-32(62)55-40(20-17-29(59)49-23-9-12-26-52-56-46,21-18-30(60)50-24-10-13-27-53-57-47)22-19-31(61)51-25-11-14-28-54-58-48/h1-28H2,(H,49,59)(H,50,60)(H,51,61)(H,55,62). The lowest BCUT2D eigenvalue weighted by atomic mass is 9.82. The molecule has 0 saturated carbocycles. The molecule has 1 rings (SSSR count). The van der Waals surface area contributed by atoms with Crippen LogP contribution in [-0.4, -0.2) is 74.4 Å². The molecule has 0 aromatic heterocycles. The number of nitrogens with zero attached hydrogens (tertiary/aromatic N) is 9. The van der Waals surface area contributed by atoms with Crippen molar-refractivity contribution in [1.82, 2.24) is 21.3 Å². The molecule has 0 aliphatic carbocycles. The first-order valence-electron chi connectivity index (χ1n) is 21.7. The number of carbonyl (C=O) groups excluding carboxylic acids is 5. The molecule has 0 heterocycles. The quantitative estimate of drug-likeness (QED) is 0.00581. The third-order valence-electron chi connectivity index (χ3n) is 10.0. The van der Waals surface area contributed by atoms with Crippen molar-refractivity contribution in [3.63, 3.8) is 0 Å². The van der Waals surface area contributed by atoms with E-state index in [1.165, 1.54) is 0 Å². The van der Waals surface area contributed by atoms with Crippen molar-refractivity contribution in [2.24, 2.45) is 15.3 Å². The largest absolute Gasteiger partial charge is 0.420 e. The van der Waals surface area contributed by atoms with Crippen LogP contribution in [0.4, 0.5) is 22.0 Å². The second kappa shape index (κ2) is 34.6. The Balaban J connectivity index is 2.80. The number of hydrogen-bond donors (Lipinski definition) is 4.